The molecular formula is C36H53N5O7S. The normalized spacial score (nSPS) is 31.1. The lowest BCUT2D eigenvalue weighted by Crippen LogP contribution is -2.59. The molecule has 0 radical (unpaired) electrons. The summed E-state index contributed by atoms with van der Waals surface area (Å²) in [5, 5.41) is 5.84. The number of carbonyl (C=O) groups excluding carboxylic acids is 4. The largest absolute Gasteiger partial charge is 0.444 e. The Bertz CT molecular complexity index is 1560. The molecule has 0 spiro atoms. The van der Waals surface area contributed by atoms with Crippen LogP contribution in [0.2, 0.25) is 0 Å². The average molecular weight is 700 g/mol. The van der Waals surface area contributed by atoms with Gasteiger partial charge in [0.15, 0.2) is 0 Å². The second-order valence-corrected chi connectivity index (χ2v) is 17.3. The lowest BCUT2D eigenvalue weighted by molar-refractivity contribution is -0.142. The van der Waals surface area contributed by atoms with Gasteiger partial charge in [-0.3, -0.25) is 24.0 Å². The fraction of sp³-hybridized carbons (Fsp3) is 0.722. The number of aryl methyl sites for hydroxylation is 1. The molecule has 6 rings (SSSR count). The van der Waals surface area contributed by atoms with E-state index in [2.05, 4.69) is 40.5 Å². The van der Waals surface area contributed by atoms with Crippen LogP contribution in [0.4, 0.5) is 4.79 Å². The van der Waals surface area contributed by atoms with Crippen molar-refractivity contribution in [2.75, 3.05) is 6.54 Å². The van der Waals surface area contributed by atoms with Gasteiger partial charge in [-0.25, -0.2) is 13.2 Å². The molecular weight excluding hydrogens is 646 g/mol. The number of nitrogens with one attached hydrogen (secondary N) is 3. The van der Waals surface area contributed by atoms with Crippen molar-refractivity contribution in [3.8, 4) is 0 Å². The number of fused-ring (bicyclic) bond motifs is 3. The van der Waals surface area contributed by atoms with Crippen LogP contribution in [0.1, 0.15) is 109 Å². The maximum atomic E-state index is 14.3. The summed E-state index contributed by atoms with van der Waals surface area (Å²) in [7, 11) is -3.82. The Hall–Kier alpha value is -3.19. The fourth-order valence-electron chi connectivity index (χ4n) is 7.98. The molecule has 1 unspecified atom stereocenters. The van der Waals surface area contributed by atoms with Crippen LogP contribution in [0.15, 0.2) is 18.2 Å². The second-order valence-electron chi connectivity index (χ2n) is 15.3. The van der Waals surface area contributed by atoms with Gasteiger partial charge in [0, 0.05) is 25.6 Å². The lowest BCUT2D eigenvalue weighted by atomic mass is 9.97. The minimum absolute atomic E-state index is 0.0421. The summed E-state index contributed by atoms with van der Waals surface area (Å²) >= 11 is 0. The van der Waals surface area contributed by atoms with Gasteiger partial charge in [0.25, 0.3) is 5.91 Å². The molecule has 4 amide bonds. The van der Waals surface area contributed by atoms with Crippen LogP contribution in [0, 0.1) is 11.8 Å². The van der Waals surface area contributed by atoms with E-state index in [1.54, 1.807) is 4.90 Å². The van der Waals surface area contributed by atoms with E-state index >= 15 is 0 Å². The first-order chi connectivity index (χ1) is 23.3. The van der Waals surface area contributed by atoms with Crippen LogP contribution in [0.25, 0.3) is 0 Å². The molecule has 13 heteroatoms. The van der Waals surface area contributed by atoms with Gasteiger partial charge in [-0.05, 0) is 74.0 Å². The Labute approximate surface area is 290 Å². The Morgan fingerprint density at radius 3 is 2.49 bits per heavy atom. The highest BCUT2D eigenvalue weighted by molar-refractivity contribution is 7.91. The van der Waals surface area contributed by atoms with Gasteiger partial charge in [0.1, 0.15) is 17.7 Å². The predicted molar refractivity (Wildman–Crippen MR) is 183 cm³/mol. The minimum Gasteiger partial charge on any atom is -0.444 e. The number of ether oxygens (including phenoxy) is 1. The van der Waals surface area contributed by atoms with Gasteiger partial charge in [-0.15, -0.1) is 0 Å². The molecule has 4 bridgehead atoms. The van der Waals surface area contributed by atoms with Crippen LogP contribution < -0.4 is 15.4 Å². The van der Waals surface area contributed by atoms with Gasteiger partial charge < -0.3 is 20.3 Å². The molecule has 2 aliphatic carbocycles. The fourth-order valence-corrected chi connectivity index (χ4v) is 9.34. The standard InChI is InChI=1S/C36H53N5O7S/c1-5-26-18-36(26,34(44)39-49(46,47)28-15-16-28)38-32(42)30-17-27-20-41(30)33(43)31(22(2)3)37-23(4)11-8-6-7-9-12-24-13-10-14-25-19-40(21-29(24)25)35(45)48-27/h10,13-14,22-23,26-28,30-31,37H,5-9,11-12,15-21H2,1-4H3,(H,38,42)(H,39,44)/t23?,26-,27-,30+,31+,36-/m1/s1. The summed E-state index contributed by atoms with van der Waals surface area (Å²) in [4.78, 5) is 58.7. The average Bonchev–Trinajstić information content (AvgIpc) is 3.95. The topological polar surface area (TPSA) is 154 Å². The van der Waals surface area contributed by atoms with Crippen LogP contribution in [0.3, 0.4) is 0 Å². The van der Waals surface area contributed by atoms with Crippen LogP contribution in [0.5, 0.6) is 0 Å². The van der Waals surface area contributed by atoms with Crippen molar-refractivity contribution in [2.45, 2.75) is 146 Å². The Morgan fingerprint density at radius 1 is 1.06 bits per heavy atom. The monoisotopic (exact) mass is 699 g/mol. The Kier molecular flexibility index (Phi) is 10.3. The molecule has 0 aromatic heterocycles. The number of benzene rings is 1. The van der Waals surface area contributed by atoms with E-state index in [9.17, 15) is 27.6 Å². The van der Waals surface area contributed by atoms with Gasteiger partial charge in [0.2, 0.25) is 21.8 Å². The zero-order chi connectivity index (χ0) is 35.1. The summed E-state index contributed by atoms with van der Waals surface area (Å²) in [5.74, 6) is -1.84. The molecule has 2 saturated carbocycles. The summed E-state index contributed by atoms with van der Waals surface area (Å²) in [6, 6.07) is 4.75. The number of hydrogen-bond donors (Lipinski definition) is 3. The molecule has 5 aliphatic rings. The maximum absolute atomic E-state index is 14.3. The highest BCUT2D eigenvalue weighted by atomic mass is 32.2. The lowest BCUT2D eigenvalue weighted by Gasteiger charge is -2.33. The first kappa shape index (κ1) is 35.6. The molecule has 270 valence electrons. The van der Waals surface area contributed by atoms with Crippen molar-refractivity contribution in [3.05, 3.63) is 34.9 Å². The van der Waals surface area contributed by atoms with Crippen LogP contribution >= 0.6 is 0 Å². The Balaban J connectivity index is 1.24. The number of nitrogens with zero attached hydrogens (tertiary/aromatic N) is 2. The van der Waals surface area contributed by atoms with Crippen molar-refractivity contribution in [1.82, 2.24) is 25.2 Å². The summed E-state index contributed by atoms with van der Waals surface area (Å²) < 4.78 is 33.6. The van der Waals surface area contributed by atoms with E-state index in [1.807, 2.05) is 20.8 Å². The number of carbonyl (C=O) groups is 4. The number of sulfonamides is 1. The molecule has 1 aromatic carbocycles. The van der Waals surface area contributed by atoms with Crippen molar-refractivity contribution in [1.29, 1.82) is 0 Å². The van der Waals surface area contributed by atoms with Crippen LogP contribution in [-0.4, -0.2) is 83.6 Å². The zero-order valence-corrected chi connectivity index (χ0v) is 30.1. The van der Waals surface area contributed by atoms with E-state index in [-0.39, 0.29) is 36.8 Å². The third-order valence-electron chi connectivity index (χ3n) is 11.2. The van der Waals surface area contributed by atoms with Gasteiger partial charge in [-0.2, -0.15) is 0 Å². The van der Waals surface area contributed by atoms with Crippen LogP contribution in [-0.2, 0) is 48.7 Å². The molecule has 49 heavy (non-hydrogen) atoms. The number of hydrogen-bond acceptors (Lipinski definition) is 8. The molecule has 3 N–H and O–H groups in total. The molecule has 1 saturated heterocycles. The highest BCUT2D eigenvalue weighted by Gasteiger charge is 2.62. The first-order valence-electron chi connectivity index (χ1n) is 18.3. The molecule has 12 nitrogen and oxygen atoms in total. The predicted octanol–water partition coefficient (Wildman–Crippen LogP) is 3.51. The van der Waals surface area contributed by atoms with Crippen molar-refractivity contribution < 1.29 is 32.3 Å². The van der Waals surface area contributed by atoms with Gasteiger partial charge in [0.05, 0.1) is 17.8 Å². The van der Waals surface area contributed by atoms with Crippen molar-refractivity contribution >= 4 is 33.8 Å². The van der Waals surface area contributed by atoms with Crippen molar-refractivity contribution in [3.63, 3.8) is 0 Å². The molecule has 3 aliphatic heterocycles. The maximum Gasteiger partial charge on any atom is 0.410 e. The first-order valence-corrected chi connectivity index (χ1v) is 19.9. The molecule has 3 heterocycles. The molecule has 6 atom stereocenters. The zero-order valence-electron chi connectivity index (χ0n) is 29.3. The quantitative estimate of drug-likeness (QED) is 0.391. The van der Waals surface area contributed by atoms with E-state index in [0.717, 1.165) is 44.1 Å². The van der Waals surface area contributed by atoms with E-state index in [0.29, 0.717) is 38.8 Å². The third kappa shape index (κ3) is 7.62. The van der Waals surface area contributed by atoms with Crippen molar-refractivity contribution in [2.24, 2.45) is 11.8 Å². The highest BCUT2D eigenvalue weighted by Crippen LogP contribution is 2.47. The minimum atomic E-state index is -3.82. The smallest absolute Gasteiger partial charge is 0.410 e. The Morgan fingerprint density at radius 2 is 1.80 bits per heavy atom. The van der Waals surface area contributed by atoms with E-state index < -0.39 is 56.9 Å². The SMILES string of the molecule is CC[C@@H]1C[C@]1(NC(=O)[C@@H]1C[C@@H]2CN1C(=O)[C@H](C(C)C)NC(C)CCCCCCc1cccc3c1CN(C3)C(=O)O2)C(=O)NS(=O)(=O)C1CC1. The van der Waals surface area contributed by atoms with E-state index in [4.69, 9.17) is 4.74 Å². The molecule has 1 aromatic rings. The van der Waals surface area contributed by atoms with E-state index in [1.165, 1.54) is 16.0 Å². The summed E-state index contributed by atoms with van der Waals surface area (Å²) in [6.07, 6.45) is 6.93. The van der Waals surface area contributed by atoms with Gasteiger partial charge >= 0.3 is 6.09 Å². The molecule has 3 fully saturated rings. The second kappa shape index (κ2) is 14.2. The number of rotatable bonds is 7. The van der Waals surface area contributed by atoms with Gasteiger partial charge in [-0.1, -0.05) is 64.7 Å². The number of amides is 4. The third-order valence-corrected chi connectivity index (χ3v) is 13.1. The summed E-state index contributed by atoms with van der Waals surface area (Å²) in [5.41, 5.74) is 2.19. The summed E-state index contributed by atoms with van der Waals surface area (Å²) in [6.45, 7) is 8.85.